The zero-order valence-corrected chi connectivity index (χ0v) is 17.0. The van der Waals surface area contributed by atoms with E-state index in [-0.39, 0.29) is 50.0 Å². The molecule has 0 saturated carbocycles. The second-order valence-corrected chi connectivity index (χ2v) is 7.38. The summed E-state index contributed by atoms with van der Waals surface area (Å²) in [6, 6.07) is 0. The first-order valence-corrected chi connectivity index (χ1v) is 9.79. The minimum Gasteiger partial charge on any atom is -0.465 e. The van der Waals surface area contributed by atoms with Gasteiger partial charge in [-0.15, -0.1) is 11.3 Å². The van der Waals surface area contributed by atoms with Gasteiger partial charge in [0.15, 0.2) is 0 Å². The summed E-state index contributed by atoms with van der Waals surface area (Å²) < 4.78 is 5.99. The molecule has 2 amide bonds. The van der Waals surface area contributed by atoms with E-state index in [2.05, 4.69) is 15.6 Å². The molecule has 10 heteroatoms. The zero-order valence-electron chi connectivity index (χ0n) is 16.2. The molecule has 0 fully saturated rings. The summed E-state index contributed by atoms with van der Waals surface area (Å²) in [5.74, 6) is -1.12. The van der Waals surface area contributed by atoms with E-state index < -0.39 is 5.97 Å². The number of aromatic nitrogens is 2. The number of amides is 2. The third-order valence-corrected chi connectivity index (χ3v) is 5.22. The van der Waals surface area contributed by atoms with Crippen molar-refractivity contribution >= 4 is 39.3 Å². The van der Waals surface area contributed by atoms with Crippen LogP contribution in [0.25, 0.3) is 10.2 Å². The fraction of sp³-hybridized carbons (Fsp3) is 0.500. The Hall–Kier alpha value is -2.75. The van der Waals surface area contributed by atoms with Crippen molar-refractivity contribution < 1.29 is 19.1 Å². The van der Waals surface area contributed by atoms with Crippen LogP contribution in [0.3, 0.4) is 0 Å². The molecular weight excluding hydrogens is 384 g/mol. The Kier molecular flexibility index (Phi) is 7.68. The van der Waals surface area contributed by atoms with Crippen LogP contribution in [0.2, 0.25) is 0 Å². The Morgan fingerprint density at radius 3 is 2.68 bits per heavy atom. The molecule has 9 nitrogen and oxygen atoms in total. The lowest BCUT2D eigenvalue weighted by atomic mass is 10.2. The predicted molar refractivity (Wildman–Crippen MR) is 105 cm³/mol. The number of thiophene rings is 1. The van der Waals surface area contributed by atoms with Crippen molar-refractivity contribution in [2.45, 2.75) is 40.2 Å². The molecule has 0 bridgehead atoms. The highest BCUT2D eigenvalue weighted by Crippen LogP contribution is 2.25. The molecule has 2 N–H and O–H groups in total. The molecule has 152 valence electrons. The normalized spacial score (nSPS) is 10.7. The molecule has 0 radical (unpaired) electrons. The van der Waals surface area contributed by atoms with Gasteiger partial charge < -0.3 is 15.4 Å². The summed E-state index contributed by atoms with van der Waals surface area (Å²) in [4.78, 5) is 53.3. The van der Waals surface area contributed by atoms with Crippen LogP contribution in [-0.2, 0) is 25.7 Å². The molecular formula is C18H24N4O5S. The molecule has 2 aromatic rings. The van der Waals surface area contributed by atoms with Crippen molar-refractivity contribution in [1.29, 1.82) is 0 Å². The smallest absolute Gasteiger partial charge is 0.325 e. The van der Waals surface area contributed by atoms with Gasteiger partial charge in [-0.05, 0) is 32.8 Å². The summed E-state index contributed by atoms with van der Waals surface area (Å²) >= 11 is 1.46. The number of rotatable bonds is 9. The first-order valence-electron chi connectivity index (χ1n) is 8.97. The summed E-state index contributed by atoms with van der Waals surface area (Å²) in [7, 11) is 0. The van der Waals surface area contributed by atoms with Crippen molar-refractivity contribution in [3.05, 3.63) is 27.1 Å². The van der Waals surface area contributed by atoms with E-state index in [1.165, 1.54) is 22.2 Å². The van der Waals surface area contributed by atoms with E-state index in [9.17, 15) is 19.2 Å². The van der Waals surface area contributed by atoms with Crippen molar-refractivity contribution in [2.75, 3.05) is 19.7 Å². The molecule has 0 aliphatic heterocycles. The van der Waals surface area contributed by atoms with Crippen LogP contribution < -0.4 is 16.2 Å². The lowest BCUT2D eigenvalue weighted by Gasteiger charge is -2.08. The number of hydrogen-bond acceptors (Lipinski definition) is 7. The first-order chi connectivity index (χ1) is 13.3. The average Bonchev–Trinajstić information content (AvgIpc) is 2.94. The minimum atomic E-state index is -0.490. The lowest BCUT2D eigenvalue weighted by molar-refractivity contribution is -0.143. The number of carbonyl (C=O) groups excluding carboxylic acids is 3. The number of esters is 1. The number of aryl methyl sites for hydroxylation is 2. The summed E-state index contributed by atoms with van der Waals surface area (Å²) in [6.07, 6.45) is 1.96. The van der Waals surface area contributed by atoms with E-state index in [1.807, 2.05) is 13.8 Å². The van der Waals surface area contributed by atoms with Crippen molar-refractivity contribution in [3.8, 4) is 0 Å². The number of nitrogens with zero attached hydrogens (tertiary/aromatic N) is 2. The lowest BCUT2D eigenvalue weighted by Crippen LogP contribution is -2.34. The molecule has 0 saturated heterocycles. The van der Waals surface area contributed by atoms with E-state index in [0.29, 0.717) is 16.6 Å². The van der Waals surface area contributed by atoms with Crippen LogP contribution in [0.5, 0.6) is 0 Å². The van der Waals surface area contributed by atoms with Gasteiger partial charge in [0.2, 0.25) is 11.8 Å². The Bertz CT molecular complexity index is 934. The number of hydrogen-bond donors (Lipinski definition) is 2. The molecule has 28 heavy (non-hydrogen) atoms. The summed E-state index contributed by atoms with van der Waals surface area (Å²) in [6.45, 7) is 5.73. The Morgan fingerprint density at radius 1 is 1.21 bits per heavy atom. The van der Waals surface area contributed by atoms with Crippen LogP contribution in [0.15, 0.2) is 11.1 Å². The number of nitrogens with one attached hydrogen (secondary N) is 2. The first kappa shape index (κ1) is 21.5. The Balaban J connectivity index is 1.77. The fourth-order valence-corrected chi connectivity index (χ4v) is 3.53. The van der Waals surface area contributed by atoms with Crippen LogP contribution >= 0.6 is 11.3 Å². The molecule has 2 heterocycles. The number of ether oxygens (including phenoxy) is 1. The molecule has 0 atom stereocenters. The monoisotopic (exact) mass is 408 g/mol. The number of carbonyl (C=O) groups is 3. The highest BCUT2D eigenvalue weighted by molar-refractivity contribution is 7.18. The number of fused-ring (bicyclic) bond motifs is 1. The third kappa shape index (κ3) is 5.62. The largest absolute Gasteiger partial charge is 0.465 e. The Morgan fingerprint density at radius 2 is 1.96 bits per heavy atom. The molecule has 0 unspecified atom stereocenters. The summed E-state index contributed by atoms with van der Waals surface area (Å²) in [5, 5.41) is 5.67. The molecule has 2 aromatic heterocycles. The van der Waals surface area contributed by atoms with Crippen LogP contribution in [0, 0.1) is 13.8 Å². The Labute approximate surface area is 166 Å². The highest BCUT2D eigenvalue weighted by atomic mass is 32.1. The molecule has 0 aliphatic carbocycles. The van der Waals surface area contributed by atoms with Gasteiger partial charge in [-0.2, -0.15) is 0 Å². The average molecular weight is 408 g/mol. The standard InChI is InChI=1S/C18H24N4O5S/c1-4-27-15(25)8-20-13(23)6-5-7-19-14(24)9-22-10-21-17-16(18(22)26)11(2)12(3)28-17/h10H,4-9H2,1-3H3,(H,19,24)(H,20,23). The van der Waals surface area contributed by atoms with Crippen molar-refractivity contribution in [3.63, 3.8) is 0 Å². The van der Waals surface area contributed by atoms with Crippen molar-refractivity contribution in [1.82, 2.24) is 20.2 Å². The second-order valence-electron chi connectivity index (χ2n) is 6.18. The molecule has 2 rings (SSSR count). The second kappa shape index (κ2) is 9.98. The zero-order chi connectivity index (χ0) is 20.7. The van der Waals surface area contributed by atoms with E-state index in [0.717, 1.165) is 10.4 Å². The van der Waals surface area contributed by atoms with Gasteiger partial charge in [0.25, 0.3) is 5.56 Å². The maximum Gasteiger partial charge on any atom is 0.325 e. The fourth-order valence-electron chi connectivity index (χ4n) is 2.54. The van der Waals surface area contributed by atoms with Gasteiger partial charge >= 0.3 is 5.97 Å². The van der Waals surface area contributed by atoms with Crippen molar-refractivity contribution in [2.24, 2.45) is 0 Å². The minimum absolute atomic E-state index is 0.134. The predicted octanol–water partition coefficient (Wildman–Crippen LogP) is 0.651. The summed E-state index contributed by atoms with van der Waals surface area (Å²) in [5.41, 5.74) is 0.654. The van der Waals surface area contributed by atoms with Gasteiger partial charge in [0.1, 0.15) is 17.9 Å². The van der Waals surface area contributed by atoms with Gasteiger partial charge in [0, 0.05) is 17.8 Å². The van der Waals surface area contributed by atoms with Crippen LogP contribution in [-0.4, -0.2) is 47.0 Å². The van der Waals surface area contributed by atoms with Gasteiger partial charge in [0.05, 0.1) is 18.3 Å². The molecule has 0 spiro atoms. The van der Waals surface area contributed by atoms with Gasteiger partial charge in [-0.25, -0.2) is 4.98 Å². The maximum absolute atomic E-state index is 12.5. The SMILES string of the molecule is CCOC(=O)CNC(=O)CCCNC(=O)Cn1cnc2sc(C)c(C)c2c1=O. The van der Waals surface area contributed by atoms with Gasteiger partial charge in [-0.3, -0.25) is 23.7 Å². The third-order valence-electron chi connectivity index (χ3n) is 4.11. The quantitative estimate of drug-likeness (QED) is 0.464. The molecule has 0 aromatic carbocycles. The topological polar surface area (TPSA) is 119 Å². The van der Waals surface area contributed by atoms with E-state index in [4.69, 9.17) is 4.74 Å². The van der Waals surface area contributed by atoms with Crippen LogP contribution in [0.1, 0.15) is 30.2 Å². The van der Waals surface area contributed by atoms with Crippen LogP contribution in [0.4, 0.5) is 0 Å². The maximum atomic E-state index is 12.5. The highest BCUT2D eigenvalue weighted by Gasteiger charge is 2.13. The van der Waals surface area contributed by atoms with E-state index in [1.54, 1.807) is 6.92 Å². The molecule has 0 aliphatic rings. The van der Waals surface area contributed by atoms with Gasteiger partial charge in [-0.1, -0.05) is 0 Å². The van der Waals surface area contributed by atoms with E-state index >= 15 is 0 Å².